The highest BCUT2D eigenvalue weighted by molar-refractivity contribution is 5.14. The molecule has 0 radical (unpaired) electrons. The molecule has 18 heavy (non-hydrogen) atoms. The zero-order chi connectivity index (χ0) is 13.0. The van der Waals surface area contributed by atoms with Gasteiger partial charge in [0.25, 0.3) is 0 Å². The van der Waals surface area contributed by atoms with E-state index < -0.39 is 0 Å². The Morgan fingerprint density at radius 1 is 1.33 bits per heavy atom. The highest BCUT2D eigenvalue weighted by atomic mass is 16.3. The van der Waals surface area contributed by atoms with E-state index in [-0.39, 0.29) is 5.54 Å². The lowest BCUT2D eigenvalue weighted by molar-refractivity contribution is 0.0486. The third-order valence-electron chi connectivity index (χ3n) is 4.38. The van der Waals surface area contributed by atoms with Gasteiger partial charge >= 0.3 is 0 Å². The first-order chi connectivity index (χ1) is 8.70. The first kappa shape index (κ1) is 13.6. The van der Waals surface area contributed by atoms with Crippen molar-refractivity contribution < 1.29 is 4.42 Å². The molecule has 1 saturated carbocycles. The van der Waals surface area contributed by atoms with Crippen molar-refractivity contribution in [3.8, 4) is 0 Å². The van der Waals surface area contributed by atoms with Gasteiger partial charge in [0, 0.05) is 5.54 Å². The molecule has 1 N–H and O–H groups in total. The number of rotatable bonds is 5. The smallest absolute Gasteiger partial charge is 0.122 e. The molecule has 1 unspecified atom stereocenters. The van der Waals surface area contributed by atoms with Crippen molar-refractivity contribution in [2.45, 2.75) is 50.6 Å². The molecule has 2 rings (SSSR count). The van der Waals surface area contributed by atoms with E-state index in [0.29, 0.717) is 6.04 Å². The number of hydrogen-bond acceptors (Lipinski definition) is 3. The van der Waals surface area contributed by atoms with Crippen LogP contribution in [0.1, 0.15) is 50.8 Å². The van der Waals surface area contributed by atoms with Crippen LogP contribution in [0, 0.1) is 0 Å². The van der Waals surface area contributed by atoms with E-state index in [0.717, 1.165) is 12.3 Å². The molecule has 0 aliphatic heterocycles. The molecule has 1 fully saturated rings. The molecule has 1 aliphatic carbocycles. The van der Waals surface area contributed by atoms with Crippen LogP contribution in [0.15, 0.2) is 22.8 Å². The Hall–Kier alpha value is -0.800. The number of nitrogens with one attached hydrogen (secondary N) is 1. The van der Waals surface area contributed by atoms with Gasteiger partial charge in [-0.15, -0.1) is 0 Å². The minimum Gasteiger partial charge on any atom is -0.468 e. The van der Waals surface area contributed by atoms with Gasteiger partial charge in [0.05, 0.1) is 12.3 Å². The van der Waals surface area contributed by atoms with Crippen molar-refractivity contribution in [1.82, 2.24) is 10.2 Å². The zero-order valence-corrected chi connectivity index (χ0v) is 11.9. The van der Waals surface area contributed by atoms with Gasteiger partial charge in [0.1, 0.15) is 5.76 Å². The van der Waals surface area contributed by atoms with Gasteiger partial charge in [-0.25, -0.2) is 0 Å². The van der Waals surface area contributed by atoms with Gasteiger partial charge in [0.2, 0.25) is 0 Å². The van der Waals surface area contributed by atoms with Crippen LogP contribution >= 0.6 is 0 Å². The van der Waals surface area contributed by atoms with Gasteiger partial charge in [-0.3, -0.25) is 0 Å². The molecular formula is C15H26N2O. The second-order valence-corrected chi connectivity index (χ2v) is 5.56. The fourth-order valence-corrected chi connectivity index (χ4v) is 3.37. The van der Waals surface area contributed by atoms with E-state index in [2.05, 4.69) is 37.3 Å². The third-order valence-corrected chi connectivity index (χ3v) is 4.38. The van der Waals surface area contributed by atoms with Gasteiger partial charge in [-0.2, -0.15) is 0 Å². The van der Waals surface area contributed by atoms with Crippen LogP contribution in [0.25, 0.3) is 0 Å². The van der Waals surface area contributed by atoms with Crippen molar-refractivity contribution in [2.75, 3.05) is 20.6 Å². The SMILES string of the molecule is CCNC(c1ccco1)C1(N(C)C)CCCCC1. The quantitative estimate of drug-likeness (QED) is 0.870. The van der Waals surface area contributed by atoms with E-state index >= 15 is 0 Å². The minimum atomic E-state index is 0.201. The minimum absolute atomic E-state index is 0.201. The Bertz CT molecular complexity index is 339. The average molecular weight is 250 g/mol. The number of furan rings is 1. The summed E-state index contributed by atoms with van der Waals surface area (Å²) < 4.78 is 5.69. The predicted molar refractivity (Wildman–Crippen MR) is 74.6 cm³/mol. The van der Waals surface area contributed by atoms with Crippen LogP contribution in [-0.4, -0.2) is 31.1 Å². The zero-order valence-electron chi connectivity index (χ0n) is 11.9. The molecule has 3 nitrogen and oxygen atoms in total. The Labute approximate surface area is 111 Å². The molecule has 0 saturated heterocycles. The molecule has 102 valence electrons. The standard InChI is InChI=1S/C15H26N2O/c1-4-16-14(13-9-8-12-18-13)15(17(2)3)10-6-5-7-11-15/h8-9,12,14,16H,4-7,10-11H2,1-3H3. The van der Waals surface area contributed by atoms with Crippen LogP contribution in [0.3, 0.4) is 0 Å². The molecule has 1 heterocycles. The molecule has 0 amide bonds. The van der Waals surface area contributed by atoms with Crippen LogP contribution in [0.5, 0.6) is 0 Å². The topological polar surface area (TPSA) is 28.4 Å². The molecule has 0 bridgehead atoms. The summed E-state index contributed by atoms with van der Waals surface area (Å²) >= 11 is 0. The first-order valence-electron chi connectivity index (χ1n) is 7.15. The lowest BCUT2D eigenvalue weighted by atomic mass is 9.74. The van der Waals surface area contributed by atoms with E-state index in [1.165, 1.54) is 32.1 Å². The Morgan fingerprint density at radius 2 is 2.06 bits per heavy atom. The Kier molecular flexibility index (Phi) is 4.46. The maximum absolute atomic E-state index is 5.69. The van der Waals surface area contributed by atoms with Gasteiger partial charge in [-0.1, -0.05) is 26.2 Å². The molecular weight excluding hydrogens is 224 g/mol. The predicted octanol–water partition coefficient (Wildman–Crippen LogP) is 3.19. The summed E-state index contributed by atoms with van der Waals surface area (Å²) in [6, 6.07) is 4.40. The summed E-state index contributed by atoms with van der Waals surface area (Å²) in [5.74, 6) is 1.08. The molecule has 1 aromatic rings. The second-order valence-electron chi connectivity index (χ2n) is 5.56. The van der Waals surface area contributed by atoms with Crippen LogP contribution in [-0.2, 0) is 0 Å². The normalized spacial score (nSPS) is 21.1. The lowest BCUT2D eigenvalue weighted by Gasteiger charge is -2.48. The van der Waals surface area contributed by atoms with Gasteiger partial charge in [0.15, 0.2) is 0 Å². The summed E-state index contributed by atoms with van der Waals surface area (Å²) in [7, 11) is 4.41. The summed E-state index contributed by atoms with van der Waals surface area (Å²) in [5.41, 5.74) is 0.201. The molecule has 0 spiro atoms. The first-order valence-corrected chi connectivity index (χ1v) is 7.15. The monoisotopic (exact) mass is 250 g/mol. The van der Waals surface area contributed by atoms with E-state index in [4.69, 9.17) is 4.42 Å². The van der Waals surface area contributed by atoms with E-state index in [1.807, 2.05) is 6.07 Å². The maximum Gasteiger partial charge on any atom is 0.122 e. The summed E-state index contributed by atoms with van der Waals surface area (Å²) in [6.45, 7) is 3.14. The van der Waals surface area contributed by atoms with Crippen molar-refractivity contribution in [1.29, 1.82) is 0 Å². The average Bonchev–Trinajstić information content (AvgIpc) is 2.90. The number of nitrogens with zero attached hydrogens (tertiary/aromatic N) is 1. The van der Waals surface area contributed by atoms with E-state index in [1.54, 1.807) is 6.26 Å². The van der Waals surface area contributed by atoms with Crippen molar-refractivity contribution >= 4 is 0 Å². The van der Waals surface area contributed by atoms with Crippen molar-refractivity contribution in [3.63, 3.8) is 0 Å². The molecule has 1 atom stereocenters. The van der Waals surface area contributed by atoms with Gasteiger partial charge < -0.3 is 14.6 Å². The summed E-state index contributed by atoms with van der Waals surface area (Å²) in [4.78, 5) is 2.40. The molecule has 3 heteroatoms. The van der Waals surface area contributed by atoms with Crippen LogP contribution in [0.2, 0.25) is 0 Å². The largest absolute Gasteiger partial charge is 0.468 e. The second kappa shape index (κ2) is 5.89. The number of hydrogen-bond donors (Lipinski definition) is 1. The highest BCUT2D eigenvalue weighted by Gasteiger charge is 2.43. The van der Waals surface area contributed by atoms with Crippen molar-refractivity contribution in [3.05, 3.63) is 24.2 Å². The van der Waals surface area contributed by atoms with Crippen molar-refractivity contribution in [2.24, 2.45) is 0 Å². The molecule has 1 aliphatic rings. The third kappa shape index (κ3) is 2.47. The number of likely N-dealkylation sites (N-methyl/N-ethyl adjacent to an activating group) is 2. The summed E-state index contributed by atoms with van der Waals surface area (Å²) in [6.07, 6.45) is 8.29. The van der Waals surface area contributed by atoms with Crippen LogP contribution in [0.4, 0.5) is 0 Å². The van der Waals surface area contributed by atoms with E-state index in [9.17, 15) is 0 Å². The highest BCUT2D eigenvalue weighted by Crippen LogP contribution is 2.42. The van der Waals surface area contributed by atoms with Crippen LogP contribution < -0.4 is 5.32 Å². The Balaban J connectivity index is 2.30. The fourth-order valence-electron chi connectivity index (χ4n) is 3.37. The summed E-state index contributed by atoms with van der Waals surface area (Å²) in [5, 5.41) is 3.64. The molecule has 0 aromatic carbocycles. The molecule has 1 aromatic heterocycles. The Morgan fingerprint density at radius 3 is 2.56 bits per heavy atom. The van der Waals surface area contributed by atoms with Gasteiger partial charge in [-0.05, 0) is 45.6 Å². The lowest BCUT2D eigenvalue weighted by Crippen LogP contribution is -2.54. The maximum atomic E-state index is 5.69. The fraction of sp³-hybridized carbons (Fsp3) is 0.733.